The molecule has 1 saturated heterocycles. The first-order chi connectivity index (χ1) is 11.8. The number of rotatable bonds is 5. The van der Waals surface area contributed by atoms with Crippen LogP contribution in [-0.4, -0.2) is 71.1 Å². The smallest absolute Gasteiger partial charge is 0.193 e. The average Bonchev–Trinajstić information content (AvgIpc) is 2.56. The molecule has 1 aromatic rings. The first-order valence-corrected chi connectivity index (χ1v) is 10.9. The minimum atomic E-state index is -2.91. The lowest BCUT2D eigenvalue weighted by molar-refractivity contribution is 0.372. The molecule has 9 heteroatoms. The number of anilines is 1. The first-order valence-electron chi connectivity index (χ1n) is 8.44. The minimum absolute atomic E-state index is 0. The molecule has 0 bridgehead atoms. The van der Waals surface area contributed by atoms with Gasteiger partial charge in [-0.05, 0) is 31.0 Å². The zero-order chi connectivity index (χ0) is 18.4. The van der Waals surface area contributed by atoms with Crippen molar-refractivity contribution < 1.29 is 8.42 Å². The van der Waals surface area contributed by atoms with E-state index in [0.717, 1.165) is 37.2 Å². The van der Waals surface area contributed by atoms with Crippen molar-refractivity contribution in [2.75, 3.05) is 56.7 Å². The summed E-state index contributed by atoms with van der Waals surface area (Å²) in [5.74, 6) is 1.02. The molecule has 1 N–H and O–H groups in total. The molecule has 1 aliphatic heterocycles. The molecule has 0 saturated carbocycles. The molecule has 0 aliphatic carbocycles. The van der Waals surface area contributed by atoms with E-state index in [1.807, 2.05) is 18.2 Å². The summed E-state index contributed by atoms with van der Waals surface area (Å²) in [6, 6.07) is 5.98. The van der Waals surface area contributed by atoms with Crippen molar-refractivity contribution in [1.82, 2.24) is 10.2 Å². The summed E-state index contributed by atoms with van der Waals surface area (Å²) in [6.45, 7) is 6.21. The zero-order valence-corrected chi connectivity index (χ0v) is 19.4. The van der Waals surface area contributed by atoms with Gasteiger partial charge in [-0.15, -0.1) is 24.0 Å². The molecule has 0 spiro atoms. The van der Waals surface area contributed by atoms with E-state index in [2.05, 4.69) is 27.0 Å². The van der Waals surface area contributed by atoms with Crippen LogP contribution in [0.4, 0.5) is 5.69 Å². The Morgan fingerprint density at radius 1 is 1.27 bits per heavy atom. The summed E-state index contributed by atoms with van der Waals surface area (Å²) in [5.41, 5.74) is 2.41. The molecule has 1 heterocycles. The summed E-state index contributed by atoms with van der Waals surface area (Å²) in [4.78, 5) is 8.86. The number of nitrogens with one attached hydrogen (secondary N) is 1. The third-order valence-corrected chi connectivity index (χ3v) is 5.54. The van der Waals surface area contributed by atoms with Gasteiger partial charge in [-0.25, -0.2) is 8.42 Å². The summed E-state index contributed by atoms with van der Waals surface area (Å²) >= 11 is 6.13. The Bertz CT molecular complexity index is 719. The van der Waals surface area contributed by atoms with Gasteiger partial charge in [0.1, 0.15) is 9.84 Å². The highest BCUT2D eigenvalue weighted by molar-refractivity contribution is 14.0. The van der Waals surface area contributed by atoms with Crippen LogP contribution in [0.2, 0.25) is 5.02 Å². The lowest BCUT2D eigenvalue weighted by Crippen LogP contribution is -2.52. The molecule has 1 aromatic carbocycles. The van der Waals surface area contributed by atoms with Crippen molar-refractivity contribution in [2.45, 2.75) is 13.3 Å². The van der Waals surface area contributed by atoms with Gasteiger partial charge in [0.15, 0.2) is 5.96 Å². The second-order valence-electron chi connectivity index (χ2n) is 6.36. The molecule has 0 aromatic heterocycles. The normalized spacial score (nSPS) is 15.6. The highest BCUT2D eigenvalue weighted by Gasteiger charge is 2.20. The highest BCUT2D eigenvalue weighted by atomic mass is 127. The predicted molar refractivity (Wildman–Crippen MR) is 121 cm³/mol. The van der Waals surface area contributed by atoms with Crippen molar-refractivity contribution in [3.63, 3.8) is 0 Å². The number of hydrogen-bond acceptors (Lipinski definition) is 4. The van der Waals surface area contributed by atoms with Crippen LogP contribution in [0.1, 0.15) is 12.0 Å². The van der Waals surface area contributed by atoms with Crippen molar-refractivity contribution in [1.29, 1.82) is 0 Å². The minimum Gasteiger partial charge on any atom is -0.368 e. The van der Waals surface area contributed by atoms with E-state index in [1.165, 1.54) is 17.5 Å². The van der Waals surface area contributed by atoms with Crippen LogP contribution in [0.5, 0.6) is 0 Å². The summed E-state index contributed by atoms with van der Waals surface area (Å²) in [7, 11) is -1.15. The Labute approximate surface area is 178 Å². The van der Waals surface area contributed by atoms with Gasteiger partial charge in [-0.1, -0.05) is 17.7 Å². The lowest BCUT2D eigenvalue weighted by Gasteiger charge is -2.38. The van der Waals surface area contributed by atoms with Crippen LogP contribution in [0, 0.1) is 6.92 Å². The SMILES string of the molecule is CN=C(NCCCS(C)(=O)=O)N1CCN(c2cc(Cl)ccc2C)CC1.I. The fourth-order valence-corrected chi connectivity index (χ4v) is 3.78. The fourth-order valence-electron chi connectivity index (χ4n) is 2.95. The van der Waals surface area contributed by atoms with Crippen molar-refractivity contribution in [3.8, 4) is 0 Å². The quantitative estimate of drug-likeness (QED) is 0.283. The van der Waals surface area contributed by atoms with E-state index < -0.39 is 9.84 Å². The number of benzene rings is 1. The standard InChI is InChI=1S/C17H27ClN4O2S.HI/c1-14-5-6-15(18)13-16(14)21-8-10-22(11-9-21)17(19-2)20-7-4-12-25(3,23)24;/h5-6,13H,4,7-12H2,1-3H3,(H,19,20);1H. The zero-order valence-electron chi connectivity index (χ0n) is 15.5. The Kier molecular flexibility index (Phi) is 9.46. The van der Waals surface area contributed by atoms with Crippen LogP contribution in [-0.2, 0) is 9.84 Å². The Hall–Kier alpha value is -0.740. The number of halogens is 2. The molecule has 1 fully saturated rings. The third kappa shape index (κ3) is 7.11. The number of hydrogen-bond donors (Lipinski definition) is 1. The third-order valence-electron chi connectivity index (χ3n) is 4.28. The van der Waals surface area contributed by atoms with Gasteiger partial charge in [-0.3, -0.25) is 4.99 Å². The molecular formula is C17H28ClIN4O2S. The van der Waals surface area contributed by atoms with Crippen LogP contribution < -0.4 is 10.2 Å². The van der Waals surface area contributed by atoms with Gasteiger partial charge >= 0.3 is 0 Å². The van der Waals surface area contributed by atoms with E-state index >= 15 is 0 Å². The molecule has 0 radical (unpaired) electrons. The van der Waals surface area contributed by atoms with Crippen LogP contribution in [0.15, 0.2) is 23.2 Å². The monoisotopic (exact) mass is 514 g/mol. The number of guanidine groups is 1. The molecule has 148 valence electrons. The molecular weight excluding hydrogens is 487 g/mol. The van der Waals surface area contributed by atoms with Gasteiger partial charge in [0, 0.05) is 56.7 Å². The Morgan fingerprint density at radius 3 is 2.50 bits per heavy atom. The maximum Gasteiger partial charge on any atom is 0.193 e. The largest absolute Gasteiger partial charge is 0.368 e. The average molecular weight is 515 g/mol. The van der Waals surface area contributed by atoms with Gasteiger partial charge < -0.3 is 15.1 Å². The fraction of sp³-hybridized carbons (Fsp3) is 0.588. The van der Waals surface area contributed by atoms with Crippen LogP contribution in [0.25, 0.3) is 0 Å². The summed E-state index contributed by atoms with van der Waals surface area (Å²) in [6.07, 6.45) is 1.85. The molecule has 0 unspecified atom stereocenters. The predicted octanol–water partition coefficient (Wildman–Crippen LogP) is 2.40. The molecule has 1 aliphatic rings. The molecule has 6 nitrogen and oxygen atoms in total. The van der Waals surface area contributed by atoms with E-state index in [0.29, 0.717) is 13.0 Å². The number of sulfone groups is 1. The van der Waals surface area contributed by atoms with Crippen LogP contribution in [0.3, 0.4) is 0 Å². The van der Waals surface area contributed by atoms with E-state index in [9.17, 15) is 8.42 Å². The molecule has 0 atom stereocenters. The Morgan fingerprint density at radius 2 is 1.92 bits per heavy atom. The van der Waals surface area contributed by atoms with Crippen molar-refractivity contribution in [3.05, 3.63) is 28.8 Å². The number of aliphatic imine (C=N–C) groups is 1. The molecule has 2 rings (SSSR count). The van der Waals surface area contributed by atoms with Gasteiger partial charge in [0.05, 0.1) is 5.75 Å². The second-order valence-corrected chi connectivity index (χ2v) is 9.06. The summed E-state index contributed by atoms with van der Waals surface area (Å²) < 4.78 is 22.4. The first kappa shape index (κ1) is 23.3. The summed E-state index contributed by atoms with van der Waals surface area (Å²) in [5, 5.41) is 4.01. The van der Waals surface area contributed by atoms with Crippen LogP contribution >= 0.6 is 35.6 Å². The maximum atomic E-state index is 11.2. The maximum absolute atomic E-state index is 11.2. The molecule has 26 heavy (non-hydrogen) atoms. The topological polar surface area (TPSA) is 65.0 Å². The number of nitrogens with zero attached hydrogens (tertiary/aromatic N) is 3. The Balaban J connectivity index is 0.00000338. The van der Waals surface area contributed by atoms with Gasteiger partial charge in [0.2, 0.25) is 0 Å². The van der Waals surface area contributed by atoms with Gasteiger partial charge in [0.25, 0.3) is 0 Å². The van der Waals surface area contributed by atoms with Crippen molar-refractivity contribution >= 4 is 57.1 Å². The second kappa shape index (κ2) is 10.6. The van der Waals surface area contributed by atoms with E-state index in [-0.39, 0.29) is 29.7 Å². The lowest BCUT2D eigenvalue weighted by atomic mass is 10.1. The number of aryl methyl sites for hydroxylation is 1. The highest BCUT2D eigenvalue weighted by Crippen LogP contribution is 2.25. The number of piperazine rings is 1. The van der Waals surface area contributed by atoms with E-state index in [1.54, 1.807) is 7.05 Å². The van der Waals surface area contributed by atoms with Gasteiger partial charge in [-0.2, -0.15) is 0 Å². The van der Waals surface area contributed by atoms with E-state index in [4.69, 9.17) is 11.6 Å². The molecule has 0 amide bonds. The van der Waals surface area contributed by atoms with Crippen molar-refractivity contribution in [2.24, 2.45) is 4.99 Å².